The fraction of sp³-hybridized carbons (Fsp3) is 0.455. The van der Waals surface area contributed by atoms with Gasteiger partial charge in [0.25, 0.3) is 5.56 Å². The summed E-state index contributed by atoms with van der Waals surface area (Å²) in [6, 6.07) is -0.00948. The van der Waals surface area contributed by atoms with Gasteiger partial charge in [0, 0.05) is 13.0 Å². The van der Waals surface area contributed by atoms with Gasteiger partial charge >= 0.3 is 0 Å². The van der Waals surface area contributed by atoms with Crippen molar-refractivity contribution in [2.45, 2.75) is 26.3 Å². The second kappa shape index (κ2) is 5.57. The van der Waals surface area contributed by atoms with E-state index in [2.05, 4.69) is 16.3 Å². The Kier molecular flexibility index (Phi) is 4.39. The molecule has 1 N–H and O–H groups in total. The average molecular weight is 240 g/mol. The maximum absolute atomic E-state index is 11.8. The Bertz CT molecular complexity index is 459. The van der Waals surface area contributed by atoms with Crippen molar-refractivity contribution in [3.8, 4) is 12.3 Å². The van der Waals surface area contributed by atoms with Crippen LogP contribution in [0.25, 0.3) is 0 Å². The van der Waals surface area contributed by atoms with Crippen LogP contribution in [0.2, 0.25) is 5.02 Å². The molecule has 0 aliphatic heterocycles. The summed E-state index contributed by atoms with van der Waals surface area (Å²) in [7, 11) is 0. The molecule has 0 spiro atoms. The molecule has 16 heavy (non-hydrogen) atoms. The van der Waals surface area contributed by atoms with Gasteiger partial charge in [-0.25, -0.2) is 4.68 Å². The fourth-order valence-corrected chi connectivity index (χ4v) is 1.41. The second-order valence-electron chi connectivity index (χ2n) is 3.60. The minimum atomic E-state index is -0.289. The van der Waals surface area contributed by atoms with Crippen LogP contribution >= 0.6 is 11.6 Å². The van der Waals surface area contributed by atoms with Crippen molar-refractivity contribution in [1.82, 2.24) is 9.78 Å². The van der Waals surface area contributed by atoms with Crippen LogP contribution in [0.15, 0.2) is 11.0 Å². The van der Waals surface area contributed by atoms with E-state index < -0.39 is 0 Å². The molecular weight excluding hydrogens is 226 g/mol. The molecule has 1 aromatic heterocycles. The molecule has 86 valence electrons. The van der Waals surface area contributed by atoms with Gasteiger partial charge in [0.15, 0.2) is 0 Å². The van der Waals surface area contributed by atoms with Crippen LogP contribution in [0.5, 0.6) is 0 Å². The van der Waals surface area contributed by atoms with E-state index >= 15 is 0 Å². The van der Waals surface area contributed by atoms with E-state index in [1.807, 2.05) is 13.8 Å². The molecule has 0 saturated heterocycles. The first kappa shape index (κ1) is 12.6. The number of hydrogen-bond donors (Lipinski definition) is 1. The van der Waals surface area contributed by atoms with Crippen molar-refractivity contribution in [2.75, 3.05) is 11.9 Å². The van der Waals surface area contributed by atoms with Crippen LogP contribution in [0.3, 0.4) is 0 Å². The van der Waals surface area contributed by atoms with Crippen molar-refractivity contribution in [3.63, 3.8) is 0 Å². The zero-order valence-electron chi connectivity index (χ0n) is 9.33. The Labute approximate surface area is 99.6 Å². The maximum atomic E-state index is 11.8. The molecule has 1 aromatic rings. The highest BCUT2D eigenvalue weighted by molar-refractivity contribution is 6.32. The molecule has 0 fully saturated rings. The highest BCUT2D eigenvalue weighted by atomic mass is 35.5. The van der Waals surface area contributed by atoms with E-state index in [-0.39, 0.29) is 16.6 Å². The van der Waals surface area contributed by atoms with E-state index in [1.165, 1.54) is 4.68 Å². The quantitative estimate of drug-likeness (QED) is 0.645. The summed E-state index contributed by atoms with van der Waals surface area (Å²) in [6.07, 6.45) is 7.23. The minimum Gasteiger partial charge on any atom is -0.381 e. The third-order valence-electron chi connectivity index (χ3n) is 2.02. The van der Waals surface area contributed by atoms with Crippen LogP contribution in [0.4, 0.5) is 5.69 Å². The molecule has 0 unspecified atom stereocenters. The number of hydrogen-bond acceptors (Lipinski definition) is 3. The largest absolute Gasteiger partial charge is 0.381 e. The van der Waals surface area contributed by atoms with Gasteiger partial charge in [0.05, 0.1) is 17.9 Å². The van der Waals surface area contributed by atoms with Crippen LogP contribution in [0.1, 0.15) is 26.3 Å². The number of anilines is 1. The van der Waals surface area contributed by atoms with Gasteiger partial charge in [0.2, 0.25) is 0 Å². The summed E-state index contributed by atoms with van der Waals surface area (Å²) in [5, 5.41) is 7.15. The van der Waals surface area contributed by atoms with Crippen molar-refractivity contribution in [3.05, 3.63) is 21.6 Å². The molecule has 1 rings (SSSR count). The summed E-state index contributed by atoms with van der Waals surface area (Å²) in [4.78, 5) is 11.8. The number of nitrogens with zero attached hydrogens (tertiary/aromatic N) is 2. The number of aromatic nitrogens is 2. The number of terminal acetylenes is 1. The van der Waals surface area contributed by atoms with Gasteiger partial charge in [-0.05, 0) is 13.8 Å². The van der Waals surface area contributed by atoms with Gasteiger partial charge in [-0.2, -0.15) is 5.10 Å². The molecule has 0 amide bonds. The Morgan fingerprint density at radius 1 is 1.69 bits per heavy atom. The lowest BCUT2D eigenvalue weighted by Crippen LogP contribution is -2.25. The monoisotopic (exact) mass is 239 g/mol. The molecule has 0 bridgehead atoms. The normalized spacial score (nSPS) is 10.2. The Hall–Kier alpha value is -1.47. The smallest absolute Gasteiger partial charge is 0.287 e. The zero-order valence-corrected chi connectivity index (χ0v) is 10.1. The van der Waals surface area contributed by atoms with E-state index in [1.54, 1.807) is 6.20 Å². The van der Waals surface area contributed by atoms with Gasteiger partial charge in [-0.3, -0.25) is 4.79 Å². The topological polar surface area (TPSA) is 46.9 Å². The summed E-state index contributed by atoms with van der Waals surface area (Å²) in [5.41, 5.74) is 0.237. The first-order chi connectivity index (χ1) is 7.57. The first-order valence-electron chi connectivity index (χ1n) is 5.02. The molecule has 4 nitrogen and oxygen atoms in total. The molecule has 0 saturated carbocycles. The van der Waals surface area contributed by atoms with Crippen LogP contribution in [0, 0.1) is 12.3 Å². The van der Waals surface area contributed by atoms with E-state index in [0.717, 1.165) is 0 Å². The van der Waals surface area contributed by atoms with Crippen molar-refractivity contribution in [1.29, 1.82) is 0 Å². The molecule has 0 radical (unpaired) electrons. The number of nitrogens with one attached hydrogen (secondary N) is 1. The highest BCUT2D eigenvalue weighted by Gasteiger charge is 2.10. The van der Waals surface area contributed by atoms with Crippen molar-refractivity contribution < 1.29 is 0 Å². The summed E-state index contributed by atoms with van der Waals surface area (Å²) >= 11 is 5.93. The Balaban J connectivity index is 2.95. The predicted octanol–water partition coefficient (Wildman–Crippen LogP) is 1.91. The lowest BCUT2D eigenvalue weighted by atomic mass is 10.3. The Morgan fingerprint density at radius 3 is 2.94 bits per heavy atom. The highest BCUT2D eigenvalue weighted by Crippen LogP contribution is 2.15. The van der Waals surface area contributed by atoms with Gasteiger partial charge in [-0.1, -0.05) is 11.6 Å². The molecule has 5 heteroatoms. The fourth-order valence-electron chi connectivity index (χ4n) is 1.21. The molecule has 0 aromatic carbocycles. The standard InChI is InChI=1S/C11H14ClN3O/c1-4-5-6-13-9-7-14-15(8(2)3)11(16)10(9)12/h1,7-8,13H,5-6H2,2-3H3. The van der Waals surface area contributed by atoms with Gasteiger partial charge < -0.3 is 5.32 Å². The van der Waals surface area contributed by atoms with Crippen LogP contribution < -0.4 is 10.9 Å². The van der Waals surface area contributed by atoms with Crippen LogP contribution in [-0.4, -0.2) is 16.3 Å². The lowest BCUT2D eigenvalue weighted by molar-refractivity contribution is 0.503. The lowest BCUT2D eigenvalue weighted by Gasteiger charge is -2.11. The zero-order chi connectivity index (χ0) is 12.1. The maximum Gasteiger partial charge on any atom is 0.287 e. The number of halogens is 1. The second-order valence-corrected chi connectivity index (χ2v) is 3.97. The van der Waals surface area contributed by atoms with Gasteiger partial charge in [0.1, 0.15) is 5.02 Å². The van der Waals surface area contributed by atoms with Gasteiger partial charge in [-0.15, -0.1) is 12.3 Å². The predicted molar refractivity (Wildman–Crippen MR) is 65.8 cm³/mol. The summed E-state index contributed by atoms with van der Waals surface area (Å²) in [6.45, 7) is 4.31. The number of rotatable bonds is 4. The molecule has 0 aliphatic rings. The van der Waals surface area contributed by atoms with E-state index in [9.17, 15) is 4.79 Å². The minimum absolute atomic E-state index is 0.00948. The third kappa shape index (κ3) is 2.77. The first-order valence-corrected chi connectivity index (χ1v) is 5.40. The summed E-state index contributed by atoms with van der Waals surface area (Å²) in [5.74, 6) is 2.49. The average Bonchev–Trinajstić information content (AvgIpc) is 2.24. The SMILES string of the molecule is C#CCCNc1cnn(C(C)C)c(=O)c1Cl. The molecule has 1 heterocycles. The third-order valence-corrected chi connectivity index (χ3v) is 2.38. The summed E-state index contributed by atoms with van der Waals surface area (Å²) < 4.78 is 1.34. The van der Waals surface area contributed by atoms with Crippen molar-refractivity contribution in [2.24, 2.45) is 0 Å². The Morgan fingerprint density at radius 2 is 2.38 bits per heavy atom. The molecule has 0 atom stereocenters. The van der Waals surface area contributed by atoms with E-state index in [0.29, 0.717) is 18.7 Å². The molecular formula is C11H14ClN3O. The molecule has 0 aliphatic carbocycles. The van der Waals surface area contributed by atoms with E-state index in [4.69, 9.17) is 18.0 Å². The van der Waals surface area contributed by atoms with Crippen LogP contribution in [-0.2, 0) is 0 Å². The van der Waals surface area contributed by atoms with Crippen molar-refractivity contribution >= 4 is 17.3 Å².